The van der Waals surface area contributed by atoms with E-state index in [1.54, 1.807) is 12.0 Å². The van der Waals surface area contributed by atoms with Gasteiger partial charge in [-0.15, -0.1) is 0 Å². The van der Waals surface area contributed by atoms with Crippen LogP contribution < -0.4 is 4.90 Å². The molecule has 0 radical (unpaired) electrons. The standard InChI is InChI=1S/C18H20ClF3N4O/c1-25(9-12-6-4-3-5-7-12)14-10-26(11-15(14)27-2)16-13(18(20,21)22)8-23-17(19)24-16/h3-8,14-15H,9-11H2,1-2H3/t14-,15-/m1/s1. The Morgan fingerprint density at radius 1 is 1.26 bits per heavy atom. The van der Waals surface area contributed by atoms with Crippen molar-refractivity contribution in [1.29, 1.82) is 0 Å². The quantitative estimate of drug-likeness (QED) is 0.719. The summed E-state index contributed by atoms with van der Waals surface area (Å²) in [6, 6.07) is 9.78. The molecular formula is C18H20ClF3N4O. The number of alkyl halides is 3. The van der Waals surface area contributed by atoms with Crippen LogP contribution in [0.1, 0.15) is 11.1 Å². The molecule has 0 spiro atoms. The lowest BCUT2D eigenvalue weighted by atomic mass is 10.1. The van der Waals surface area contributed by atoms with Crippen LogP contribution in [0.4, 0.5) is 19.0 Å². The first kappa shape index (κ1) is 19.9. The van der Waals surface area contributed by atoms with E-state index >= 15 is 0 Å². The first-order valence-corrected chi connectivity index (χ1v) is 8.79. The monoisotopic (exact) mass is 400 g/mol. The number of ether oxygens (including phenoxy) is 1. The van der Waals surface area contributed by atoms with Crippen molar-refractivity contribution in [3.05, 3.63) is 52.9 Å². The average molecular weight is 401 g/mol. The SMILES string of the molecule is CO[C@@H]1CN(c2nc(Cl)ncc2C(F)(F)F)C[C@H]1N(C)Cc1ccccc1. The summed E-state index contributed by atoms with van der Waals surface area (Å²) in [7, 11) is 3.50. The van der Waals surface area contributed by atoms with Crippen molar-refractivity contribution in [3.8, 4) is 0 Å². The third-order valence-electron chi connectivity index (χ3n) is 4.72. The van der Waals surface area contributed by atoms with Crippen molar-refractivity contribution in [3.63, 3.8) is 0 Å². The summed E-state index contributed by atoms with van der Waals surface area (Å²) in [4.78, 5) is 11.0. The summed E-state index contributed by atoms with van der Waals surface area (Å²) in [5.74, 6) is -0.208. The van der Waals surface area contributed by atoms with Gasteiger partial charge in [-0.2, -0.15) is 18.2 Å². The molecule has 0 N–H and O–H groups in total. The number of benzene rings is 1. The van der Waals surface area contributed by atoms with Gasteiger partial charge in [0.05, 0.1) is 12.1 Å². The van der Waals surface area contributed by atoms with E-state index in [2.05, 4.69) is 14.9 Å². The normalized spacial score (nSPS) is 20.5. The zero-order chi connectivity index (χ0) is 19.6. The molecule has 1 aliphatic rings. The van der Waals surface area contributed by atoms with Gasteiger partial charge < -0.3 is 9.64 Å². The van der Waals surface area contributed by atoms with E-state index in [9.17, 15) is 13.2 Å². The Morgan fingerprint density at radius 3 is 2.59 bits per heavy atom. The van der Waals surface area contributed by atoms with Gasteiger partial charge in [-0.05, 0) is 24.2 Å². The highest BCUT2D eigenvalue weighted by atomic mass is 35.5. The third kappa shape index (κ3) is 4.51. The van der Waals surface area contributed by atoms with Gasteiger partial charge in [0.25, 0.3) is 0 Å². The fraction of sp³-hybridized carbons (Fsp3) is 0.444. The number of hydrogen-bond donors (Lipinski definition) is 0. The van der Waals surface area contributed by atoms with Crippen LogP contribution in [0.15, 0.2) is 36.5 Å². The highest BCUT2D eigenvalue weighted by Gasteiger charge is 2.42. The Morgan fingerprint density at radius 2 is 1.96 bits per heavy atom. The molecule has 1 fully saturated rings. The largest absolute Gasteiger partial charge is 0.421 e. The highest BCUT2D eigenvalue weighted by molar-refractivity contribution is 6.28. The van der Waals surface area contributed by atoms with Gasteiger partial charge in [0.15, 0.2) is 0 Å². The molecule has 0 bridgehead atoms. The van der Waals surface area contributed by atoms with Gasteiger partial charge >= 0.3 is 6.18 Å². The highest BCUT2D eigenvalue weighted by Crippen LogP contribution is 2.37. The minimum Gasteiger partial charge on any atom is -0.378 e. The molecule has 1 aliphatic heterocycles. The molecular weight excluding hydrogens is 381 g/mol. The van der Waals surface area contributed by atoms with E-state index in [1.807, 2.05) is 37.4 Å². The van der Waals surface area contributed by atoms with Crippen LogP contribution in [0.5, 0.6) is 0 Å². The lowest BCUT2D eigenvalue weighted by Crippen LogP contribution is -2.41. The summed E-state index contributed by atoms with van der Waals surface area (Å²) < 4.78 is 45.6. The van der Waals surface area contributed by atoms with Crippen molar-refractivity contribution in [2.75, 3.05) is 32.1 Å². The Bertz CT molecular complexity index is 775. The zero-order valence-electron chi connectivity index (χ0n) is 14.9. The number of halogens is 4. The molecule has 0 unspecified atom stereocenters. The second kappa shape index (κ2) is 8.00. The Kier molecular flexibility index (Phi) is 5.88. The van der Waals surface area contributed by atoms with Gasteiger partial charge in [0.2, 0.25) is 5.28 Å². The lowest BCUT2D eigenvalue weighted by molar-refractivity contribution is -0.137. The van der Waals surface area contributed by atoms with Gasteiger partial charge in [0.1, 0.15) is 11.4 Å². The minimum atomic E-state index is -4.56. The molecule has 146 valence electrons. The van der Waals surface area contributed by atoms with Crippen molar-refractivity contribution in [2.45, 2.75) is 24.9 Å². The van der Waals surface area contributed by atoms with Crippen molar-refractivity contribution < 1.29 is 17.9 Å². The molecule has 0 amide bonds. The summed E-state index contributed by atoms with van der Waals surface area (Å²) in [5, 5.41) is -0.215. The first-order valence-electron chi connectivity index (χ1n) is 8.41. The maximum absolute atomic E-state index is 13.4. The average Bonchev–Trinajstić information content (AvgIpc) is 3.06. The van der Waals surface area contributed by atoms with E-state index in [0.29, 0.717) is 13.1 Å². The molecule has 0 aliphatic carbocycles. The molecule has 1 saturated heterocycles. The van der Waals surface area contributed by atoms with Crippen LogP contribution in [0.2, 0.25) is 5.28 Å². The van der Waals surface area contributed by atoms with Gasteiger partial charge in [0, 0.05) is 32.9 Å². The first-order chi connectivity index (χ1) is 12.8. The van der Waals surface area contributed by atoms with E-state index in [-0.39, 0.29) is 29.8 Å². The molecule has 2 heterocycles. The number of nitrogens with zero attached hydrogens (tertiary/aromatic N) is 4. The molecule has 27 heavy (non-hydrogen) atoms. The van der Waals surface area contributed by atoms with Crippen LogP contribution in [0.25, 0.3) is 0 Å². The third-order valence-corrected chi connectivity index (χ3v) is 4.91. The zero-order valence-corrected chi connectivity index (χ0v) is 15.7. The topological polar surface area (TPSA) is 41.5 Å². The predicted octanol–water partition coefficient (Wildman–Crippen LogP) is 3.48. The van der Waals surface area contributed by atoms with Crippen LogP contribution >= 0.6 is 11.6 Å². The second-order valence-corrected chi connectivity index (χ2v) is 6.86. The number of likely N-dealkylation sites (N-methyl/N-ethyl adjacent to an activating group) is 1. The Hall–Kier alpha value is -1.90. The summed E-state index contributed by atoms with van der Waals surface area (Å²) in [6.07, 6.45) is -4.09. The van der Waals surface area contributed by atoms with E-state index < -0.39 is 11.7 Å². The molecule has 1 aromatic heterocycles. The second-order valence-electron chi connectivity index (χ2n) is 6.52. The van der Waals surface area contributed by atoms with Crippen LogP contribution in [-0.4, -0.2) is 54.3 Å². The van der Waals surface area contributed by atoms with Gasteiger partial charge in [-0.1, -0.05) is 30.3 Å². The molecule has 5 nitrogen and oxygen atoms in total. The molecule has 1 aromatic carbocycles. The predicted molar refractivity (Wildman–Crippen MR) is 96.8 cm³/mol. The van der Waals surface area contributed by atoms with Crippen molar-refractivity contribution in [1.82, 2.24) is 14.9 Å². The molecule has 2 aromatic rings. The number of anilines is 1. The molecule has 3 rings (SSSR count). The van der Waals surface area contributed by atoms with E-state index in [4.69, 9.17) is 16.3 Å². The van der Waals surface area contributed by atoms with Gasteiger partial charge in [-0.25, -0.2) is 4.98 Å². The van der Waals surface area contributed by atoms with Crippen LogP contribution in [0, 0.1) is 0 Å². The van der Waals surface area contributed by atoms with Crippen molar-refractivity contribution >= 4 is 17.4 Å². The van der Waals surface area contributed by atoms with Gasteiger partial charge in [-0.3, -0.25) is 4.90 Å². The summed E-state index contributed by atoms with van der Waals surface area (Å²) in [5.41, 5.74) is 0.225. The molecule has 2 atom stereocenters. The Labute approximate surface area is 160 Å². The number of hydrogen-bond acceptors (Lipinski definition) is 5. The fourth-order valence-electron chi connectivity index (χ4n) is 3.37. The van der Waals surface area contributed by atoms with E-state index in [0.717, 1.165) is 11.8 Å². The van der Waals surface area contributed by atoms with Crippen LogP contribution in [0.3, 0.4) is 0 Å². The summed E-state index contributed by atoms with van der Waals surface area (Å²) in [6.45, 7) is 1.30. The number of methoxy groups -OCH3 is 1. The minimum absolute atomic E-state index is 0.0926. The smallest absolute Gasteiger partial charge is 0.378 e. The van der Waals surface area contributed by atoms with Crippen LogP contribution in [-0.2, 0) is 17.5 Å². The van der Waals surface area contributed by atoms with Crippen molar-refractivity contribution in [2.24, 2.45) is 0 Å². The fourth-order valence-corrected chi connectivity index (χ4v) is 3.50. The maximum atomic E-state index is 13.4. The van der Waals surface area contributed by atoms with E-state index in [1.165, 1.54) is 0 Å². The Balaban J connectivity index is 1.83. The molecule has 0 saturated carbocycles. The molecule has 9 heteroatoms. The number of aromatic nitrogens is 2. The lowest BCUT2D eigenvalue weighted by Gasteiger charge is -2.28. The summed E-state index contributed by atoms with van der Waals surface area (Å²) >= 11 is 5.76. The maximum Gasteiger partial charge on any atom is 0.421 e. The number of rotatable bonds is 5.